The summed E-state index contributed by atoms with van der Waals surface area (Å²) >= 11 is 1.58. The highest BCUT2D eigenvalue weighted by Gasteiger charge is 2.08. The summed E-state index contributed by atoms with van der Waals surface area (Å²) in [5.41, 5.74) is 4.06. The Kier molecular flexibility index (Phi) is 2.95. The van der Waals surface area contributed by atoms with Gasteiger partial charge in [0.05, 0.1) is 10.2 Å². The molecule has 0 fully saturated rings. The van der Waals surface area contributed by atoms with E-state index >= 15 is 0 Å². The molecule has 0 saturated heterocycles. The lowest BCUT2D eigenvalue weighted by molar-refractivity contribution is 0.629. The number of aromatic nitrogens is 1. The number of rotatable bonds is 2. The van der Waals surface area contributed by atoms with Gasteiger partial charge in [-0.1, -0.05) is 0 Å². The summed E-state index contributed by atoms with van der Waals surface area (Å²) in [6.07, 6.45) is 0. The molecule has 0 aliphatic carbocycles. The fourth-order valence-corrected chi connectivity index (χ4v) is 3.04. The molecule has 3 rings (SSSR count). The molecule has 0 atom stereocenters. The summed E-state index contributed by atoms with van der Waals surface area (Å²) in [6, 6.07) is 10.9. The smallest absolute Gasteiger partial charge is 0.125 e. The Bertz CT molecular complexity index is 749. The highest BCUT2D eigenvalue weighted by atomic mass is 32.1. The zero-order valence-corrected chi connectivity index (χ0v) is 11.5. The van der Waals surface area contributed by atoms with Crippen LogP contribution in [0.4, 0.5) is 10.1 Å². The van der Waals surface area contributed by atoms with Crippen LogP contribution in [0, 0.1) is 12.7 Å². The Morgan fingerprint density at radius 3 is 2.74 bits per heavy atom. The van der Waals surface area contributed by atoms with Gasteiger partial charge in [-0.05, 0) is 42.8 Å². The van der Waals surface area contributed by atoms with Crippen LogP contribution in [0.3, 0.4) is 0 Å². The fourth-order valence-electron chi connectivity index (χ4n) is 2.10. The molecule has 2 aromatic carbocycles. The second-order valence-electron chi connectivity index (χ2n) is 4.41. The summed E-state index contributed by atoms with van der Waals surface area (Å²) < 4.78 is 14.2. The average molecular weight is 271 g/mol. The van der Waals surface area contributed by atoms with Crippen molar-refractivity contribution >= 4 is 27.2 Å². The summed E-state index contributed by atoms with van der Waals surface area (Å²) in [4.78, 5) is 4.50. The molecule has 0 aliphatic heterocycles. The quantitative estimate of drug-likeness (QED) is 0.744. The van der Waals surface area contributed by atoms with Crippen molar-refractivity contribution in [3.8, 4) is 10.6 Å². The van der Waals surface area contributed by atoms with E-state index in [9.17, 15) is 4.39 Å². The summed E-state index contributed by atoms with van der Waals surface area (Å²) in [5, 5.41) is 4.06. The van der Waals surface area contributed by atoms with Gasteiger partial charge in [-0.2, -0.15) is 0 Å². The fraction of sp³-hybridized carbons (Fsp3) is 0.133. The Morgan fingerprint density at radius 2 is 2.00 bits per heavy atom. The maximum absolute atomic E-state index is 13.2. The number of benzene rings is 2. The Balaban J connectivity index is 2.11. The van der Waals surface area contributed by atoms with E-state index in [0.29, 0.717) is 0 Å². The van der Waals surface area contributed by atoms with Crippen LogP contribution in [0.5, 0.6) is 0 Å². The lowest BCUT2D eigenvalue weighted by atomic mass is 10.1. The van der Waals surface area contributed by atoms with Crippen LogP contribution < -0.4 is 5.32 Å². The number of fused-ring (bicyclic) bond motifs is 1. The van der Waals surface area contributed by atoms with Gasteiger partial charge in [0.25, 0.3) is 0 Å². The van der Waals surface area contributed by atoms with Gasteiger partial charge in [-0.25, -0.2) is 9.37 Å². The first-order valence-corrected chi connectivity index (χ1v) is 6.84. The minimum absolute atomic E-state index is 0.244. The molecule has 0 bridgehead atoms. The van der Waals surface area contributed by atoms with E-state index < -0.39 is 0 Å². The summed E-state index contributed by atoms with van der Waals surface area (Å²) in [7, 11) is 1.91. The topological polar surface area (TPSA) is 24.9 Å². The van der Waals surface area contributed by atoms with E-state index in [1.165, 1.54) is 17.7 Å². The van der Waals surface area contributed by atoms with Crippen molar-refractivity contribution in [3.63, 3.8) is 0 Å². The van der Waals surface area contributed by atoms with Crippen molar-refractivity contribution in [2.45, 2.75) is 6.92 Å². The van der Waals surface area contributed by atoms with Gasteiger partial charge < -0.3 is 5.32 Å². The van der Waals surface area contributed by atoms with Crippen molar-refractivity contribution in [2.75, 3.05) is 12.4 Å². The average Bonchev–Trinajstić information content (AvgIpc) is 2.81. The third-order valence-electron chi connectivity index (χ3n) is 3.09. The van der Waals surface area contributed by atoms with Crippen molar-refractivity contribution < 1.29 is 4.39 Å². The first-order valence-electron chi connectivity index (χ1n) is 6.02. The summed E-state index contributed by atoms with van der Waals surface area (Å²) in [5.74, 6) is -0.244. The standard InChI is InChI=1S/C15H13FN2S/c1-9-7-10(3-5-12(9)17-2)15-18-13-8-11(16)4-6-14(13)19-15/h3-8,17H,1-2H3/i2-1. The zero-order valence-electron chi connectivity index (χ0n) is 10.7. The monoisotopic (exact) mass is 271 g/mol. The zero-order chi connectivity index (χ0) is 13.4. The van der Waals surface area contributed by atoms with Crippen LogP contribution >= 0.6 is 11.3 Å². The van der Waals surface area contributed by atoms with Crippen molar-refractivity contribution in [3.05, 3.63) is 47.8 Å². The maximum Gasteiger partial charge on any atom is 0.125 e. The molecule has 96 valence electrons. The number of thiazole rings is 1. The second-order valence-corrected chi connectivity index (χ2v) is 5.44. The van der Waals surface area contributed by atoms with Gasteiger partial charge in [0.15, 0.2) is 0 Å². The number of nitrogens with one attached hydrogen (secondary N) is 1. The molecular formula is C15H13FN2S. The molecule has 0 spiro atoms. The molecule has 1 N–H and O–H groups in total. The van der Waals surface area contributed by atoms with Gasteiger partial charge in [0.1, 0.15) is 10.8 Å². The lowest BCUT2D eigenvalue weighted by Gasteiger charge is -2.05. The van der Waals surface area contributed by atoms with Crippen LogP contribution in [-0.2, 0) is 0 Å². The normalized spacial score (nSPS) is 10.9. The van der Waals surface area contributed by atoms with E-state index in [0.717, 1.165) is 26.5 Å². The number of anilines is 1. The molecule has 0 radical (unpaired) electrons. The van der Waals surface area contributed by atoms with Crippen LogP contribution in [0.1, 0.15) is 5.56 Å². The van der Waals surface area contributed by atoms with E-state index in [-0.39, 0.29) is 5.82 Å². The molecule has 2 nitrogen and oxygen atoms in total. The molecule has 3 aromatic rings. The number of nitrogens with zero attached hydrogens (tertiary/aromatic N) is 1. The molecule has 0 amide bonds. The van der Waals surface area contributed by atoms with Gasteiger partial charge in [-0.3, -0.25) is 0 Å². The third kappa shape index (κ3) is 2.19. The van der Waals surface area contributed by atoms with E-state index in [2.05, 4.69) is 23.3 Å². The van der Waals surface area contributed by atoms with Crippen LogP contribution in [0.2, 0.25) is 0 Å². The SMILES string of the molecule is Cc1cc(-c2nc3cc(F)ccc3s2)ccc1N[11CH3]. The van der Waals surface area contributed by atoms with Gasteiger partial charge in [-0.15, -0.1) is 11.3 Å². The Hall–Kier alpha value is -1.94. The number of hydrogen-bond donors (Lipinski definition) is 1. The second kappa shape index (κ2) is 4.63. The molecule has 0 saturated carbocycles. The molecule has 1 aromatic heterocycles. The predicted molar refractivity (Wildman–Crippen MR) is 79.3 cm³/mol. The van der Waals surface area contributed by atoms with Gasteiger partial charge >= 0.3 is 0 Å². The molecule has 0 unspecified atom stereocenters. The predicted octanol–water partition coefficient (Wildman–Crippen LogP) is 4.45. The number of aryl methyl sites for hydroxylation is 1. The molecule has 0 aliphatic rings. The first kappa shape index (κ1) is 12.1. The van der Waals surface area contributed by atoms with Crippen LogP contribution in [0.25, 0.3) is 20.8 Å². The highest BCUT2D eigenvalue weighted by Crippen LogP contribution is 2.32. The molecular weight excluding hydrogens is 258 g/mol. The lowest BCUT2D eigenvalue weighted by Crippen LogP contribution is -1.91. The van der Waals surface area contributed by atoms with Gasteiger partial charge in [0, 0.05) is 24.4 Å². The number of halogens is 1. The third-order valence-corrected chi connectivity index (χ3v) is 4.18. The maximum atomic E-state index is 13.2. The largest absolute Gasteiger partial charge is 0.388 e. The van der Waals surface area contributed by atoms with Crippen LogP contribution in [0.15, 0.2) is 36.4 Å². The Labute approximate surface area is 114 Å². The van der Waals surface area contributed by atoms with Crippen molar-refractivity contribution in [2.24, 2.45) is 0 Å². The number of hydrogen-bond acceptors (Lipinski definition) is 3. The van der Waals surface area contributed by atoms with Gasteiger partial charge in [0.2, 0.25) is 0 Å². The highest BCUT2D eigenvalue weighted by molar-refractivity contribution is 7.21. The van der Waals surface area contributed by atoms with Crippen molar-refractivity contribution in [1.82, 2.24) is 4.98 Å². The van der Waals surface area contributed by atoms with E-state index in [4.69, 9.17) is 0 Å². The molecule has 4 heteroatoms. The Morgan fingerprint density at radius 1 is 1.16 bits per heavy atom. The summed E-state index contributed by atoms with van der Waals surface area (Å²) in [6.45, 7) is 2.06. The molecule has 19 heavy (non-hydrogen) atoms. The minimum Gasteiger partial charge on any atom is -0.388 e. The van der Waals surface area contributed by atoms with E-state index in [1.54, 1.807) is 17.4 Å². The van der Waals surface area contributed by atoms with Crippen LogP contribution in [-0.4, -0.2) is 12.0 Å². The first-order chi connectivity index (χ1) is 9.17. The van der Waals surface area contributed by atoms with E-state index in [1.807, 2.05) is 19.2 Å². The molecule has 1 heterocycles. The van der Waals surface area contributed by atoms with Crippen molar-refractivity contribution in [1.29, 1.82) is 0 Å². The minimum atomic E-state index is -0.244.